The molecular weight excluding hydrogens is 361 g/mol. The minimum absolute atomic E-state index is 0.287. The molecule has 5 nitrogen and oxygen atoms in total. The Hall–Kier alpha value is -3.28. The van der Waals surface area contributed by atoms with Crippen LogP contribution in [0, 0.1) is 5.82 Å². The van der Waals surface area contributed by atoms with E-state index in [-0.39, 0.29) is 11.7 Å². The predicted octanol–water partition coefficient (Wildman–Crippen LogP) is 5.01. The van der Waals surface area contributed by atoms with Crippen LogP contribution in [0.3, 0.4) is 0 Å². The van der Waals surface area contributed by atoms with Gasteiger partial charge in [-0.1, -0.05) is 36.4 Å². The summed E-state index contributed by atoms with van der Waals surface area (Å²) in [4.78, 5) is 11.7. The monoisotopic (exact) mass is 383 g/mol. The van der Waals surface area contributed by atoms with Crippen molar-refractivity contribution < 1.29 is 23.4 Å². The fraction of sp³-hybridized carbons (Fsp3) is 0.227. The Kier molecular flexibility index (Phi) is 5.99. The van der Waals surface area contributed by atoms with Gasteiger partial charge in [0.15, 0.2) is 0 Å². The van der Waals surface area contributed by atoms with Gasteiger partial charge in [0.2, 0.25) is 0 Å². The highest BCUT2D eigenvalue weighted by Crippen LogP contribution is 2.37. The number of hydrogen-bond donors (Lipinski definition) is 1. The summed E-state index contributed by atoms with van der Waals surface area (Å²) in [5.74, 6) is 0.506. The van der Waals surface area contributed by atoms with Crippen molar-refractivity contribution in [2.45, 2.75) is 26.4 Å². The van der Waals surface area contributed by atoms with Crippen LogP contribution in [0.15, 0.2) is 71.8 Å². The fourth-order valence-electron chi connectivity index (χ4n) is 3.07. The smallest absolute Gasteiger partial charge is 0.489 e. The quantitative estimate of drug-likeness (QED) is 0.736. The molecule has 6 heteroatoms. The maximum atomic E-state index is 13.1. The normalized spacial score (nSPS) is 16.1. The van der Waals surface area contributed by atoms with E-state index in [1.807, 2.05) is 44.2 Å². The van der Waals surface area contributed by atoms with Gasteiger partial charge in [-0.05, 0) is 37.6 Å². The van der Waals surface area contributed by atoms with Crippen LogP contribution in [-0.2, 0) is 16.1 Å². The second-order valence-electron chi connectivity index (χ2n) is 6.45. The number of dihydropyridines is 1. The molecule has 1 atom stereocenters. The highest BCUT2D eigenvalue weighted by Gasteiger charge is 2.28. The van der Waals surface area contributed by atoms with E-state index in [1.165, 1.54) is 19.2 Å². The molecule has 1 heterocycles. The van der Waals surface area contributed by atoms with E-state index in [0.717, 1.165) is 22.5 Å². The molecule has 1 N–H and O–H groups in total. The molecule has 0 aromatic heterocycles. The molecular formula is C22H22FNO4. The molecule has 2 aromatic carbocycles. The van der Waals surface area contributed by atoms with Gasteiger partial charge >= 0.3 is 6.16 Å². The summed E-state index contributed by atoms with van der Waals surface area (Å²) in [6, 6.07) is 13.7. The molecule has 0 saturated carbocycles. The molecule has 1 unspecified atom stereocenters. The standard InChI is InChI=1S/C22H22FNO4/c1-14-12-19(21(15(2)24-14)28-22(25)26-3)18-6-4-5-7-20(18)27-13-16-8-10-17(23)11-9-16/h4-12,19,24H,13H2,1-3H3. The maximum absolute atomic E-state index is 13.1. The Labute approximate surface area is 163 Å². The molecule has 28 heavy (non-hydrogen) atoms. The maximum Gasteiger partial charge on any atom is 0.513 e. The summed E-state index contributed by atoms with van der Waals surface area (Å²) in [6.07, 6.45) is 1.18. The van der Waals surface area contributed by atoms with Crippen LogP contribution in [0.5, 0.6) is 5.75 Å². The lowest BCUT2D eigenvalue weighted by Crippen LogP contribution is -2.23. The van der Waals surface area contributed by atoms with E-state index in [4.69, 9.17) is 9.47 Å². The Morgan fingerprint density at radius 1 is 1.11 bits per heavy atom. The van der Waals surface area contributed by atoms with Crippen LogP contribution < -0.4 is 10.1 Å². The van der Waals surface area contributed by atoms with E-state index >= 15 is 0 Å². The van der Waals surface area contributed by atoms with Gasteiger partial charge in [0.1, 0.15) is 23.9 Å². The summed E-state index contributed by atoms with van der Waals surface area (Å²) in [5, 5.41) is 3.17. The molecule has 0 saturated heterocycles. The fourth-order valence-corrected chi connectivity index (χ4v) is 3.07. The number of para-hydroxylation sites is 1. The van der Waals surface area contributed by atoms with Crippen LogP contribution in [-0.4, -0.2) is 13.3 Å². The molecule has 146 valence electrons. The molecule has 0 radical (unpaired) electrons. The summed E-state index contributed by atoms with van der Waals surface area (Å²) < 4.78 is 29.2. The largest absolute Gasteiger partial charge is 0.513 e. The van der Waals surface area contributed by atoms with Crippen molar-refractivity contribution >= 4 is 6.16 Å². The van der Waals surface area contributed by atoms with Crippen molar-refractivity contribution in [1.29, 1.82) is 0 Å². The van der Waals surface area contributed by atoms with Crippen molar-refractivity contribution in [2.75, 3.05) is 7.11 Å². The van der Waals surface area contributed by atoms with E-state index in [9.17, 15) is 9.18 Å². The number of benzene rings is 2. The molecule has 1 aliphatic rings. The molecule has 0 amide bonds. The first-order valence-corrected chi connectivity index (χ1v) is 8.86. The van der Waals surface area contributed by atoms with Gasteiger partial charge in [0.25, 0.3) is 0 Å². The van der Waals surface area contributed by atoms with E-state index in [2.05, 4.69) is 10.1 Å². The van der Waals surface area contributed by atoms with E-state index in [0.29, 0.717) is 18.1 Å². The zero-order valence-corrected chi connectivity index (χ0v) is 16.0. The third-order valence-electron chi connectivity index (χ3n) is 4.38. The Morgan fingerprint density at radius 3 is 2.54 bits per heavy atom. The van der Waals surface area contributed by atoms with E-state index < -0.39 is 6.16 Å². The number of methoxy groups -OCH3 is 1. The minimum atomic E-state index is -0.779. The zero-order chi connectivity index (χ0) is 20.1. The molecule has 0 bridgehead atoms. The number of rotatable bonds is 5. The van der Waals surface area contributed by atoms with Gasteiger partial charge in [-0.15, -0.1) is 0 Å². The van der Waals surface area contributed by atoms with Crippen molar-refractivity contribution in [3.8, 4) is 5.75 Å². The first-order valence-electron chi connectivity index (χ1n) is 8.86. The van der Waals surface area contributed by atoms with Crippen LogP contribution in [0.4, 0.5) is 9.18 Å². The van der Waals surface area contributed by atoms with Gasteiger partial charge < -0.3 is 19.5 Å². The van der Waals surface area contributed by atoms with Crippen LogP contribution in [0.2, 0.25) is 0 Å². The molecule has 0 spiro atoms. The molecule has 2 aromatic rings. The average Bonchev–Trinajstić information content (AvgIpc) is 2.69. The Balaban J connectivity index is 1.89. The van der Waals surface area contributed by atoms with Gasteiger partial charge in [-0.2, -0.15) is 0 Å². The van der Waals surface area contributed by atoms with Crippen molar-refractivity contribution in [3.63, 3.8) is 0 Å². The van der Waals surface area contributed by atoms with Gasteiger partial charge in [0, 0.05) is 11.3 Å². The van der Waals surface area contributed by atoms with Crippen molar-refractivity contribution in [3.05, 3.63) is 88.7 Å². The van der Waals surface area contributed by atoms with Gasteiger partial charge in [0.05, 0.1) is 18.7 Å². The highest BCUT2D eigenvalue weighted by molar-refractivity contribution is 5.62. The molecule has 1 aliphatic heterocycles. The lowest BCUT2D eigenvalue weighted by Gasteiger charge is -2.27. The van der Waals surface area contributed by atoms with Gasteiger partial charge in [-0.25, -0.2) is 9.18 Å². The highest BCUT2D eigenvalue weighted by atomic mass is 19.1. The number of carbonyl (C=O) groups is 1. The third-order valence-corrected chi connectivity index (χ3v) is 4.38. The number of halogens is 1. The number of ether oxygens (including phenoxy) is 3. The van der Waals surface area contributed by atoms with Crippen LogP contribution in [0.1, 0.15) is 30.9 Å². The zero-order valence-electron chi connectivity index (χ0n) is 16.0. The van der Waals surface area contributed by atoms with Crippen LogP contribution >= 0.6 is 0 Å². The van der Waals surface area contributed by atoms with Crippen molar-refractivity contribution in [2.24, 2.45) is 0 Å². The van der Waals surface area contributed by atoms with Gasteiger partial charge in [-0.3, -0.25) is 0 Å². The third kappa shape index (κ3) is 4.52. The van der Waals surface area contributed by atoms with Crippen molar-refractivity contribution in [1.82, 2.24) is 5.32 Å². The molecule has 0 aliphatic carbocycles. The lowest BCUT2D eigenvalue weighted by molar-refractivity contribution is 0.0923. The summed E-state index contributed by atoms with van der Waals surface area (Å²) in [6.45, 7) is 4.07. The Morgan fingerprint density at radius 2 is 1.82 bits per heavy atom. The summed E-state index contributed by atoms with van der Waals surface area (Å²) >= 11 is 0. The second-order valence-corrected chi connectivity index (χ2v) is 6.45. The van der Waals surface area contributed by atoms with Crippen LogP contribution in [0.25, 0.3) is 0 Å². The number of allylic oxidation sites excluding steroid dienone is 3. The topological polar surface area (TPSA) is 56.8 Å². The predicted molar refractivity (Wildman–Crippen MR) is 103 cm³/mol. The number of carbonyl (C=O) groups excluding carboxylic acids is 1. The number of hydrogen-bond acceptors (Lipinski definition) is 5. The number of nitrogens with one attached hydrogen (secondary N) is 1. The first-order chi connectivity index (χ1) is 13.5. The van der Waals surface area contributed by atoms with E-state index in [1.54, 1.807) is 12.1 Å². The minimum Gasteiger partial charge on any atom is -0.489 e. The first kappa shape index (κ1) is 19.5. The molecule has 0 fully saturated rings. The Bertz CT molecular complexity index is 918. The SMILES string of the molecule is COC(=O)OC1=C(C)NC(C)=CC1c1ccccc1OCc1ccc(F)cc1. The summed E-state index contributed by atoms with van der Waals surface area (Å²) in [7, 11) is 1.27. The average molecular weight is 383 g/mol. The lowest BCUT2D eigenvalue weighted by atomic mass is 9.92. The second kappa shape index (κ2) is 8.61. The summed E-state index contributed by atoms with van der Waals surface area (Å²) in [5.41, 5.74) is 3.37. The molecule has 3 rings (SSSR count).